The fourth-order valence-corrected chi connectivity index (χ4v) is 2.32. The first-order valence-electron chi connectivity index (χ1n) is 5.60. The fourth-order valence-electron chi connectivity index (χ4n) is 1.96. The lowest BCUT2D eigenvalue weighted by molar-refractivity contribution is 0.0929. The van der Waals surface area contributed by atoms with E-state index in [9.17, 15) is 9.18 Å². The van der Waals surface area contributed by atoms with E-state index in [0.717, 1.165) is 5.56 Å². The molecule has 0 fully saturated rings. The van der Waals surface area contributed by atoms with E-state index in [1.165, 1.54) is 18.6 Å². The van der Waals surface area contributed by atoms with Crippen molar-refractivity contribution in [2.45, 2.75) is 6.04 Å². The first-order chi connectivity index (χ1) is 9.15. The average Bonchev–Trinajstić information content (AvgIpc) is 3.01. The number of furan rings is 1. The molecule has 2 heterocycles. The number of halogens is 2. The monoisotopic (exact) mass is 325 g/mol. The molecular weight excluding hydrogens is 317 g/mol. The molecule has 0 unspecified atom stereocenters. The number of benzene rings is 1. The van der Waals surface area contributed by atoms with Crippen LogP contribution in [0.3, 0.4) is 0 Å². The predicted molar refractivity (Wildman–Crippen MR) is 68.5 cm³/mol. The van der Waals surface area contributed by atoms with Crippen LogP contribution in [0, 0.1) is 5.82 Å². The lowest BCUT2D eigenvalue weighted by Gasteiger charge is -2.11. The van der Waals surface area contributed by atoms with Gasteiger partial charge in [-0.1, -0.05) is 0 Å². The Labute approximate surface area is 116 Å². The van der Waals surface area contributed by atoms with Gasteiger partial charge in [0.15, 0.2) is 0 Å². The molecule has 3 rings (SSSR count). The topological polar surface area (TPSA) is 51.5 Å². The molecule has 1 N–H and O–H groups in total. The summed E-state index contributed by atoms with van der Waals surface area (Å²) in [6, 6.07) is 4.21. The van der Waals surface area contributed by atoms with Gasteiger partial charge in [-0.2, -0.15) is 0 Å². The Morgan fingerprint density at radius 3 is 3.05 bits per heavy atom. The molecule has 98 valence electrons. The van der Waals surface area contributed by atoms with Gasteiger partial charge in [-0.25, -0.2) is 4.39 Å². The molecule has 1 aromatic carbocycles. The highest BCUT2D eigenvalue weighted by Gasteiger charge is 2.27. The summed E-state index contributed by atoms with van der Waals surface area (Å²) in [5.41, 5.74) is 1.19. The summed E-state index contributed by atoms with van der Waals surface area (Å²) in [4.78, 5) is 11.9. The van der Waals surface area contributed by atoms with Gasteiger partial charge in [-0.3, -0.25) is 4.79 Å². The zero-order chi connectivity index (χ0) is 13.4. The Bertz CT molecular complexity index is 627. The van der Waals surface area contributed by atoms with Crippen LogP contribution >= 0.6 is 15.9 Å². The number of amides is 1. The van der Waals surface area contributed by atoms with E-state index in [4.69, 9.17) is 9.15 Å². The molecule has 0 saturated carbocycles. The smallest absolute Gasteiger partial charge is 0.255 e. The average molecular weight is 326 g/mol. The van der Waals surface area contributed by atoms with Gasteiger partial charge in [0.25, 0.3) is 5.91 Å². The maximum absolute atomic E-state index is 13.4. The van der Waals surface area contributed by atoms with E-state index in [2.05, 4.69) is 21.2 Å². The van der Waals surface area contributed by atoms with Crippen LogP contribution in [0.4, 0.5) is 4.39 Å². The highest BCUT2D eigenvalue weighted by atomic mass is 79.9. The maximum Gasteiger partial charge on any atom is 0.255 e. The number of carbonyl (C=O) groups excluding carboxylic acids is 1. The minimum absolute atomic E-state index is 0.254. The molecule has 0 aliphatic carbocycles. The van der Waals surface area contributed by atoms with Gasteiger partial charge in [-0.15, -0.1) is 0 Å². The zero-order valence-electron chi connectivity index (χ0n) is 9.65. The third-order valence-corrected chi connectivity index (χ3v) is 3.53. The second-order valence-electron chi connectivity index (χ2n) is 4.15. The Balaban J connectivity index is 1.83. The van der Waals surface area contributed by atoms with Gasteiger partial charge in [0.05, 0.1) is 22.3 Å². The molecule has 6 heteroatoms. The molecule has 0 saturated heterocycles. The van der Waals surface area contributed by atoms with E-state index in [0.29, 0.717) is 15.8 Å². The van der Waals surface area contributed by atoms with Crippen LogP contribution < -0.4 is 10.1 Å². The quantitative estimate of drug-likeness (QED) is 0.923. The van der Waals surface area contributed by atoms with E-state index in [1.54, 1.807) is 12.1 Å². The molecule has 1 aromatic heterocycles. The van der Waals surface area contributed by atoms with Crippen LogP contribution in [-0.4, -0.2) is 12.5 Å². The Morgan fingerprint density at radius 2 is 2.32 bits per heavy atom. The molecule has 1 atom stereocenters. The van der Waals surface area contributed by atoms with Gasteiger partial charge in [-0.05, 0) is 28.1 Å². The number of carbonyl (C=O) groups is 1. The summed E-state index contributed by atoms with van der Waals surface area (Å²) in [5.74, 6) is -0.186. The third kappa shape index (κ3) is 2.23. The van der Waals surface area contributed by atoms with Crippen molar-refractivity contribution in [3.05, 3.63) is 52.1 Å². The summed E-state index contributed by atoms with van der Waals surface area (Å²) < 4.78 is 23.9. The fraction of sp³-hybridized carbons (Fsp3) is 0.154. The minimum atomic E-state index is -0.388. The Kier molecular flexibility index (Phi) is 3.02. The predicted octanol–water partition coefficient (Wildman–Crippen LogP) is 3.04. The van der Waals surface area contributed by atoms with Gasteiger partial charge in [0.2, 0.25) is 0 Å². The van der Waals surface area contributed by atoms with E-state index in [1.807, 2.05) is 0 Å². The van der Waals surface area contributed by atoms with Crippen molar-refractivity contribution in [1.29, 1.82) is 0 Å². The van der Waals surface area contributed by atoms with Gasteiger partial charge >= 0.3 is 0 Å². The summed E-state index contributed by atoms with van der Waals surface area (Å²) in [6.45, 7) is 0.287. The van der Waals surface area contributed by atoms with Crippen molar-refractivity contribution < 1.29 is 18.3 Å². The standard InChI is InChI=1S/C13H9BrFNO3/c14-9-3-8-11(6-19-12(8)4-10(9)15)16-13(17)7-1-2-18-5-7/h1-5,11H,6H2,(H,16,17)/t11-/m1/s1. The van der Waals surface area contributed by atoms with Crippen LogP contribution in [0.25, 0.3) is 0 Å². The first kappa shape index (κ1) is 12.2. The highest BCUT2D eigenvalue weighted by molar-refractivity contribution is 9.10. The van der Waals surface area contributed by atoms with E-state index >= 15 is 0 Å². The largest absolute Gasteiger partial charge is 0.491 e. The molecule has 0 spiro atoms. The van der Waals surface area contributed by atoms with Crippen LogP contribution in [0.5, 0.6) is 5.75 Å². The molecule has 0 radical (unpaired) electrons. The normalized spacial score (nSPS) is 16.8. The van der Waals surface area contributed by atoms with Crippen LogP contribution in [0.2, 0.25) is 0 Å². The summed E-state index contributed by atoms with van der Waals surface area (Å²) in [5, 5.41) is 2.82. The lowest BCUT2D eigenvalue weighted by Crippen LogP contribution is -2.29. The van der Waals surface area contributed by atoms with Gasteiger partial charge in [0, 0.05) is 11.6 Å². The molecule has 4 nitrogen and oxygen atoms in total. The molecule has 1 aliphatic rings. The van der Waals surface area contributed by atoms with Crippen molar-refractivity contribution in [2.24, 2.45) is 0 Å². The summed E-state index contributed by atoms with van der Waals surface area (Å²) in [7, 11) is 0. The Morgan fingerprint density at radius 1 is 1.47 bits per heavy atom. The Hall–Kier alpha value is -1.82. The van der Waals surface area contributed by atoms with E-state index < -0.39 is 0 Å². The van der Waals surface area contributed by atoms with Crippen LogP contribution in [-0.2, 0) is 0 Å². The van der Waals surface area contributed by atoms with Crippen molar-refractivity contribution in [3.63, 3.8) is 0 Å². The van der Waals surface area contributed by atoms with Crippen molar-refractivity contribution >= 4 is 21.8 Å². The summed E-state index contributed by atoms with van der Waals surface area (Å²) in [6.07, 6.45) is 2.80. The van der Waals surface area contributed by atoms with Crippen molar-refractivity contribution in [3.8, 4) is 5.75 Å². The molecule has 0 bridgehead atoms. The van der Waals surface area contributed by atoms with Gasteiger partial charge < -0.3 is 14.5 Å². The lowest BCUT2D eigenvalue weighted by atomic mass is 10.1. The van der Waals surface area contributed by atoms with E-state index in [-0.39, 0.29) is 24.4 Å². The summed E-state index contributed by atoms with van der Waals surface area (Å²) >= 11 is 3.12. The second kappa shape index (κ2) is 4.70. The van der Waals surface area contributed by atoms with Gasteiger partial charge in [0.1, 0.15) is 24.4 Å². The molecule has 1 amide bonds. The number of rotatable bonds is 2. The molecule has 19 heavy (non-hydrogen) atoms. The van der Waals surface area contributed by atoms with Crippen LogP contribution in [0.15, 0.2) is 39.6 Å². The molecule has 2 aromatic rings. The van der Waals surface area contributed by atoms with Crippen molar-refractivity contribution in [1.82, 2.24) is 5.32 Å². The number of ether oxygens (including phenoxy) is 1. The highest BCUT2D eigenvalue weighted by Crippen LogP contribution is 2.36. The van der Waals surface area contributed by atoms with Crippen LogP contribution in [0.1, 0.15) is 22.0 Å². The first-order valence-corrected chi connectivity index (χ1v) is 6.39. The zero-order valence-corrected chi connectivity index (χ0v) is 11.2. The minimum Gasteiger partial charge on any atom is -0.491 e. The molecule has 1 aliphatic heterocycles. The number of nitrogens with one attached hydrogen (secondary N) is 1. The van der Waals surface area contributed by atoms with Crippen molar-refractivity contribution in [2.75, 3.05) is 6.61 Å². The maximum atomic E-state index is 13.4. The third-order valence-electron chi connectivity index (χ3n) is 2.92. The number of hydrogen-bond acceptors (Lipinski definition) is 3. The number of hydrogen-bond donors (Lipinski definition) is 1. The number of fused-ring (bicyclic) bond motifs is 1. The SMILES string of the molecule is O=C(N[C@@H]1COc2cc(F)c(Br)cc21)c1ccoc1. The second-order valence-corrected chi connectivity index (χ2v) is 5.01. The molecular formula is C13H9BrFNO3.